The lowest BCUT2D eigenvalue weighted by molar-refractivity contribution is 0.102. The lowest BCUT2D eigenvalue weighted by Gasteiger charge is -2.07. The number of nitrogens with zero attached hydrogens (tertiary/aromatic N) is 2. The average Bonchev–Trinajstić information content (AvgIpc) is 2.91. The molecule has 5 nitrogen and oxygen atoms in total. The van der Waals surface area contributed by atoms with Crippen molar-refractivity contribution >= 4 is 28.6 Å². The van der Waals surface area contributed by atoms with Crippen LogP contribution in [0, 0.1) is 0 Å². The lowest BCUT2D eigenvalue weighted by Crippen LogP contribution is -2.05. The van der Waals surface area contributed by atoms with Crippen LogP contribution in [-0.2, 0) is 6.54 Å². The number of rotatable bonds is 6. The van der Waals surface area contributed by atoms with Gasteiger partial charge in [-0.15, -0.1) is 6.58 Å². The number of phenols is 2. The smallest absolute Gasteiger partial charge is 0.176 e. The van der Waals surface area contributed by atoms with Gasteiger partial charge in [0, 0.05) is 12.6 Å². The molecular weight excluding hydrogens is 324 g/mol. The number of allylic oxidation sites excluding steroid dienone is 1. The molecule has 0 unspecified atom stereocenters. The molecule has 0 aliphatic heterocycles. The van der Waals surface area contributed by atoms with Crippen molar-refractivity contribution in [2.24, 2.45) is 0 Å². The number of aromatic nitrogens is 2. The Morgan fingerprint density at radius 1 is 1.25 bits per heavy atom. The normalized spacial score (nSPS) is 10.8. The average molecular weight is 340 g/mol. The zero-order valence-electron chi connectivity index (χ0n) is 12.8. The van der Waals surface area contributed by atoms with Gasteiger partial charge in [-0.3, -0.25) is 4.79 Å². The molecule has 0 fully saturated rings. The number of phenolic OH excluding ortho intramolecular Hbond substituents is 2. The molecule has 1 aromatic heterocycles. The molecule has 0 bridgehead atoms. The van der Waals surface area contributed by atoms with Crippen LogP contribution < -0.4 is 0 Å². The Bertz CT molecular complexity index is 918. The maximum Gasteiger partial charge on any atom is 0.176 e. The third kappa shape index (κ3) is 3.14. The number of hydrogen-bond acceptors (Lipinski definition) is 5. The fourth-order valence-corrected chi connectivity index (χ4v) is 3.34. The number of ketones is 1. The molecule has 3 rings (SSSR count). The Labute approximate surface area is 143 Å². The van der Waals surface area contributed by atoms with E-state index in [2.05, 4.69) is 11.6 Å². The van der Waals surface area contributed by atoms with Gasteiger partial charge in [0.2, 0.25) is 0 Å². The summed E-state index contributed by atoms with van der Waals surface area (Å²) in [5.41, 5.74) is 2.04. The number of carbonyl (C=O) groups excluding carboxylic acids is 1. The van der Waals surface area contributed by atoms with E-state index in [1.54, 1.807) is 6.08 Å². The van der Waals surface area contributed by atoms with Crippen LogP contribution in [0.3, 0.4) is 0 Å². The SMILES string of the molecule is C=CCn1c(SCC(=O)c2ccc(O)cc2O)nc2ccccc21. The number of carbonyl (C=O) groups is 1. The third-order valence-corrected chi connectivity index (χ3v) is 4.52. The summed E-state index contributed by atoms with van der Waals surface area (Å²) < 4.78 is 2.00. The van der Waals surface area contributed by atoms with E-state index in [0.29, 0.717) is 6.54 Å². The van der Waals surface area contributed by atoms with Gasteiger partial charge in [0.15, 0.2) is 10.9 Å². The predicted octanol–water partition coefficient (Wildman–Crippen LogP) is 3.61. The third-order valence-electron chi connectivity index (χ3n) is 3.55. The van der Waals surface area contributed by atoms with E-state index in [0.717, 1.165) is 22.3 Å². The molecule has 0 radical (unpaired) electrons. The molecule has 0 aliphatic carbocycles. The van der Waals surface area contributed by atoms with Crippen LogP contribution in [0.25, 0.3) is 11.0 Å². The molecule has 2 aromatic carbocycles. The van der Waals surface area contributed by atoms with E-state index in [1.165, 1.54) is 23.9 Å². The van der Waals surface area contributed by atoms with Crippen molar-refractivity contribution in [3.63, 3.8) is 0 Å². The van der Waals surface area contributed by atoms with E-state index in [1.807, 2.05) is 28.8 Å². The molecule has 24 heavy (non-hydrogen) atoms. The van der Waals surface area contributed by atoms with E-state index >= 15 is 0 Å². The monoisotopic (exact) mass is 340 g/mol. The Kier molecular flexibility index (Phi) is 4.57. The first kappa shape index (κ1) is 16.1. The van der Waals surface area contributed by atoms with E-state index in [4.69, 9.17) is 0 Å². The number of para-hydroxylation sites is 2. The maximum absolute atomic E-state index is 12.3. The molecular formula is C18H16N2O3S. The highest BCUT2D eigenvalue weighted by molar-refractivity contribution is 7.99. The minimum Gasteiger partial charge on any atom is -0.508 e. The van der Waals surface area contributed by atoms with Gasteiger partial charge in [-0.1, -0.05) is 30.0 Å². The molecule has 0 spiro atoms. The fourth-order valence-electron chi connectivity index (χ4n) is 2.43. The molecule has 122 valence electrons. The molecule has 1 heterocycles. The standard InChI is InChI=1S/C18H16N2O3S/c1-2-9-20-15-6-4-3-5-14(15)19-18(20)24-11-17(23)13-8-7-12(21)10-16(13)22/h2-8,10,21-22H,1,9,11H2. The highest BCUT2D eigenvalue weighted by Gasteiger charge is 2.15. The highest BCUT2D eigenvalue weighted by Crippen LogP contribution is 2.27. The van der Waals surface area contributed by atoms with Crippen molar-refractivity contribution < 1.29 is 15.0 Å². The van der Waals surface area contributed by atoms with E-state index in [9.17, 15) is 15.0 Å². The summed E-state index contributed by atoms with van der Waals surface area (Å²) in [5, 5.41) is 19.8. The summed E-state index contributed by atoms with van der Waals surface area (Å²) in [7, 11) is 0. The van der Waals surface area contributed by atoms with Gasteiger partial charge >= 0.3 is 0 Å². The Balaban J connectivity index is 1.83. The molecule has 0 atom stereocenters. The van der Waals surface area contributed by atoms with Gasteiger partial charge in [0.25, 0.3) is 0 Å². The van der Waals surface area contributed by atoms with Crippen LogP contribution in [0.15, 0.2) is 60.3 Å². The zero-order valence-corrected chi connectivity index (χ0v) is 13.7. The molecule has 3 aromatic rings. The molecule has 0 aliphatic rings. The first-order valence-corrected chi connectivity index (χ1v) is 8.33. The maximum atomic E-state index is 12.3. The quantitative estimate of drug-likeness (QED) is 0.407. The number of fused-ring (bicyclic) bond motifs is 1. The van der Waals surface area contributed by atoms with Crippen molar-refractivity contribution in [1.82, 2.24) is 9.55 Å². The van der Waals surface area contributed by atoms with Gasteiger partial charge in [-0.2, -0.15) is 0 Å². The van der Waals surface area contributed by atoms with Crippen LogP contribution in [0.1, 0.15) is 10.4 Å². The minimum absolute atomic E-state index is 0.0792. The van der Waals surface area contributed by atoms with Crippen molar-refractivity contribution in [3.05, 3.63) is 60.7 Å². The summed E-state index contributed by atoms with van der Waals surface area (Å²) in [5.74, 6) is -0.391. The van der Waals surface area contributed by atoms with Crippen molar-refractivity contribution in [1.29, 1.82) is 0 Å². The summed E-state index contributed by atoms with van der Waals surface area (Å²) in [6.07, 6.45) is 1.78. The van der Waals surface area contributed by atoms with E-state index < -0.39 is 0 Å². The van der Waals surface area contributed by atoms with Crippen LogP contribution >= 0.6 is 11.8 Å². The van der Waals surface area contributed by atoms with Gasteiger partial charge in [-0.25, -0.2) is 4.98 Å². The Hall–Kier alpha value is -2.73. The van der Waals surface area contributed by atoms with Gasteiger partial charge in [0.1, 0.15) is 11.5 Å². The number of hydrogen-bond donors (Lipinski definition) is 2. The van der Waals surface area contributed by atoms with E-state index in [-0.39, 0.29) is 28.6 Å². The Morgan fingerprint density at radius 3 is 2.79 bits per heavy atom. The van der Waals surface area contributed by atoms with Crippen molar-refractivity contribution in [2.75, 3.05) is 5.75 Å². The summed E-state index contributed by atoms with van der Waals surface area (Å²) in [6, 6.07) is 11.7. The predicted molar refractivity (Wildman–Crippen MR) is 94.8 cm³/mol. The largest absolute Gasteiger partial charge is 0.508 e. The van der Waals surface area contributed by atoms with Crippen LogP contribution in [0.5, 0.6) is 11.5 Å². The first-order chi connectivity index (χ1) is 11.6. The van der Waals surface area contributed by atoms with Crippen molar-refractivity contribution in [2.45, 2.75) is 11.7 Å². The minimum atomic E-state index is -0.227. The number of thioether (sulfide) groups is 1. The van der Waals surface area contributed by atoms with Crippen molar-refractivity contribution in [3.8, 4) is 11.5 Å². The highest BCUT2D eigenvalue weighted by atomic mass is 32.2. The molecule has 0 amide bonds. The topological polar surface area (TPSA) is 75.4 Å². The van der Waals surface area contributed by atoms with Crippen LogP contribution in [-0.4, -0.2) is 31.3 Å². The second-order valence-electron chi connectivity index (χ2n) is 5.20. The number of aromatic hydroxyl groups is 2. The van der Waals surface area contributed by atoms with Gasteiger partial charge in [0.05, 0.1) is 22.3 Å². The van der Waals surface area contributed by atoms with Gasteiger partial charge in [-0.05, 0) is 24.3 Å². The summed E-state index contributed by atoms with van der Waals surface area (Å²) in [6.45, 7) is 4.36. The number of Topliss-reactive ketones (excluding diaryl/α,β-unsaturated/α-hetero) is 1. The first-order valence-electron chi connectivity index (χ1n) is 7.34. The number of imidazole rings is 1. The van der Waals surface area contributed by atoms with Crippen LogP contribution in [0.4, 0.5) is 0 Å². The molecule has 2 N–H and O–H groups in total. The summed E-state index contributed by atoms with van der Waals surface area (Å²) in [4.78, 5) is 16.9. The molecule has 0 saturated heterocycles. The summed E-state index contributed by atoms with van der Waals surface area (Å²) >= 11 is 1.31. The molecule has 6 heteroatoms. The second-order valence-corrected chi connectivity index (χ2v) is 6.14. The zero-order chi connectivity index (χ0) is 17.1. The second kappa shape index (κ2) is 6.80. The molecule has 0 saturated carbocycles. The number of benzene rings is 2. The Morgan fingerprint density at radius 2 is 2.04 bits per heavy atom. The van der Waals surface area contributed by atoms with Crippen LogP contribution in [0.2, 0.25) is 0 Å². The lowest BCUT2D eigenvalue weighted by atomic mass is 10.1. The fraction of sp³-hybridized carbons (Fsp3) is 0.111. The van der Waals surface area contributed by atoms with Gasteiger partial charge < -0.3 is 14.8 Å².